The van der Waals surface area contributed by atoms with Crippen LogP contribution < -0.4 is 21.2 Å². The van der Waals surface area contributed by atoms with E-state index in [2.05, 4.69) is 0 Å². The standard InChI is InChI=1S/C9H9F3I/c1-7-2-4-8(5-3-7)13-6-9(10,11)12/h2-5H,6H2,1H3/q+1. The zero-order chi connectivity index (χ0) is 9.90. The van der Waals surface area contributed by atoms with Crippen molar-refractivity contribution in [1.82, 2.24) is 0 Å². The molecule has 0 atom stereocenters. The highest BCUT2D eigenvalue weighted by molar-refractivity contribution is 5.11. The molecular weight excluding hydrogens is 292 g/mol. The second kappa shape index (κ2) is 4.30. The third kappa shape index (κ3) is 4.50. The Morgan fingerprint density at radius 1 is 1.15 bits per heavy atom. The molecule has 4 heteroatoms. The predicted molar refractivity (Wildman–Crippen MR) is 40.8 cm³/mol. The van der Waals surface area contributed by atoms with Gasteiger partial charge in [0.1, 0.15) is 0 Å². The first-order chi connectivity index (χ1) is 5.97. The molecule has 13 heavy (non-hydrogen) atoms. The van der Waals surface area contributed by atoms with E-state index in [1.807, 2.05) is 19.1 Å². The van der Waals surface area contributed by atoms with Crippen LogP contribution in [-0.4, -0.2) is 10.6 Å². The van der Waals surface area contributed by atoms with Crippen molar-refractivity contribution in [1.29, 1.82) is 0 Å². The van der Waals surface area contributed by atoms with E-state index in [-0.39, 0.29) is 0 Å². The monoisotopic (exact) mass is 301 g/mol. The minimum absolute atomic E-state index is 0.630. The van der Waals surface area contributed by atoms with Crippen LogP contribution in [0.1, 0.15) is 5.56 Å². The van der Waals surface area contributed by atoms with E-state index in [4.69, 9.17) is 0 Å². The van der Waals surface area contributed by atoms with Crippen LogP contribution in [0.4, 0.5) is 13.2 Å². The molecule has 0 N–H and O–H groups in total. The highest BCUT2D eigenvalue weighted by Gasteiger charge is 2.36. The summed E-state index contributed by atoms with van der Waals surface area (Å²) >= 11 is -0.901. The summed E-state index contributed by atoms with van der Waals surface area (Å²) in [7, 11) is 0. The Labute approximate surface area is 85.4 Å². The van der Waals surface area contributed by atoms with Gasteiger partial charge in [-0.15, -0.1) is 0 Å². The summed E-state index contributed by atoms with van der Waals surface area (Å²) in [6, 6.07) is 7.28. The molecule has 0 aromatic heterocycles. The summed E-state index contributed by atoms with van der Waals surface area (Å²) in [4.78, 5) is 0. The molecule has 72 valence electrons. The van der Waals surface area contributed by atoms with Crippen molar-refractivity contribution in [3.8, 4) is 0 Å². The Kier molecular flexibility index (Phi) is 3.58. The van der Waals surface area contributed by atoms with Gasteiger partial charge in [0.05, 0.1) is 0 Å². The van der Waals surface area contributed by atoms with E-state index in [0.717, 1.165) is 9.13 Å². The lowest BCUT2D eigenvalue weighted by molar-refractivity contribution is -0.650. The van der Waals surface area contributed by atoms with E-state index in [0.29, 0.717) is 0 Å². The maximum Gasteiger partial charge on any atom is 0.432 e. The normalized spacial score (nSPS) is 11.7. The Morgan fingerprint density at radius 2 is 1.69 bits per heavy atom. The van der Waals surface area contributed by atoms with Gasteiger partial charge in [0.2, 0.25) is 4.43 Å². The Hall–Kier alpha value is -0.260. The zero-order valence-corrected chi connectivity index (χ0v) is 9.19. The molecule has 0 aliphatic carbocycles. The average Bonchev–Trinajstić information content (AvgIpc) is 2.02. The fourth-order valence-corrected chi connectivity index (χ4v) is 2.52. The van der Waals surface area contributed by atoms with Gasteiger partial charge in [0.15, 0.2) is 3.57 Å². The fourth-order valence-electron chi connectivity index (χ4n) is 0.775. The molecule has 0 bridgehead atoms. The summed E-state index contributed by atoms with van der Waals surface area (Å²) in [5, 5.41) is 0. The third-order valence-electron chi connectivity index (χ3n) is 1.38. The summed E-state index contributed by atoms with van der Waals surface area (Å²) < 4.78 is 35.8. The van der Waals surface area contributed by atoms with Gasteiger partial charge >= 0.3 is 27.4 Å². The molecule has 1 rings (SSSR count). The molecule has 0 saturated carbocycles. The first-order valence-electron chi connectivity index (χ1n) is 3.70. The highest BCUT2D eigenvalue weighted by Crippen LogP contribution is 2.09. The van der Waals surface area contributed by atoms with Crippen molar-refractivity contribution in [3.63, 3.8) is 0 Å². The van der Waals surface area contributed by atoms with Crippen molar-refractivity contribution in [2.24, 2.45) is 0 Å². The van der Waals surface area contributed by atoms with Crippen LogP contribution in [0.5, 0.6) is 0 Å². The van der Waals surface area contributed by atoms with Crippen LogP contribution in [0.25, 0.3) is 0 Å². The second-order valence-electron chi connectivity index (χ2n) is 2.68. The fraction of sp³-hybridized carbons (Fsp3) is 0.333. The molecule has 0 spiro atoms. The Morgan fingerprint density at radius 3 is 2.15 bits per heavy atom. The number of hydrogen-bond acceptors (Lipinski definition) is 0. The molecule has 0 amide bonds. The minimum atomic E-state index is -4.00. The summed E-state index contributed by atoms with van der Waals surface area (Å²) in [5.74, 6) is 0. The molecule has 0 nitrogen and oxygen atoms in total. The average molecular weight is 301 g/mol. The summed E-state index contributed by atoms with van der Waals surface area (Å²) in [5.41, 5.74) is 1.08. The van der Waals surface area contributed by atoms with Gasteiger partial charge in [0.25, 0.3) is 0 Å². The molecule has 0 fully saturated rings. The molecule has 0 radical (unpaired) electrons. The second-order valence-corrected chi connectivity index (χ2v) is 5.45. The number of rotatable bonds is 2. The van der Waals surface area contributed by atoms with Crippen LogP contribution in [0.15, 0.2) is 24.3 Å². The molecule has 1 aromatic carbocycles. The van der Waals surface area contributed by atoms with Gasteiger partial charge in [-0.1, -0.05) is 17.7 Å². The van der Waals surface area contributed by atoms with Crippen molar-refractivity contribution < 1.29 is 34.4 Å². The van der Waals surface area contributed by atoms with E-state index in [1.165, 1.54) is 0 Å². The molecule has 0 unspecified atom stereocenters. The van der Waals surface area contributed by atoms with Crippen molar-refractivity contribution in [2.45, 2.75) is 13.1 Å². The van der Waals surface area contributed by atoms with E-state index < -0.39 is 31.8 Å². The van der Waals surface area contributed by atoms with Gasteiger partial charge in [0, 0.05) is 0 Å². The molecule has 1 aromatic rings. The maximum atomic E-state index is 11.8. The van der Waals surface area contributed by atoms with Gasteiger partial charge in [-0.3, -0.25) is 0 Å². The number of alkyl halides is 4. The molecule has 0 aliphatic heterocycles. The SMILES string of the molecule is Cc1ccc([I+]CC(F)(F)F)cc1. The lowest BCUT2D eigenvalue weighted by Crippen LogP contribution is -3.63. The van der Waals surface area contributed by atoms with Gasteiger partial charge < -0.3 is 0 Å². The van der Waals surface area contributed by atoms with E-state index >= 15 is 0 Å². The first kappa shape index (κ1) is 10.8. The van der Waals surface area contributed by atoms with E-state index in [1.54, 1.807) is 12.1 Å². The van der Waals surface area contributed by atoms with Gasteiger partial charge in [-0.05, 0) is 19.1 Å². The Balaban J connectivity index is 2.51. The third-order valence-corrected chi connectivity index (χ3v) is 4.23. The Bertz CT molecular complexity index is 263. The van der Waals surface area contributed by atoms with Crippen molar-refractivity contribution >= 4 is 0 Å². The zero-order valence-electron chi connectivity index (χ0n) is 7.03. The van der Waals surface area contributed by atoms with Gasteiger partial charge in [-0.2, -0.15) is 13.2 Å². The van der Waals surface area contributed by atoms with Crippen LogP contribution in [0.3, 0.4) is 0 Å². The lowest BCUT2D eigenvalue weighted by atomic mass is 10.2. The lowest BCUT2D eigenvalue weighted by Gasteiger charge is -1.95. The number of aryl methyl sites for hydroxylation is 1. The highest BCUT2D eigenvalue weighted by atomic mass is 127. The predicted octanol–water partition coefficient (Wildman–Crippen LogP) is -0.184. The van der Waals surface area contributed by atoms with Crippen molar-refractivity contribution in [3.05, 3.63) is 33.4 Å². The minimum Gasteiger partial charge on any atom is -0.166 e. The van der Waals surface area contributed by atoms with Crippen LogP contribution in [-0.2, 0) is 0 Å². The largest absolute Gasteiger partial charge is 0.432 e. The van der Waals surface area contributed by atoms with Crippen LogP contribution in [0, 0.1) is 10.5 Å². The number of hydrogen-bond donors (Lipinski definition) is 0. The molecule has 0 saturated heterocycles. The maximum absolute atomic E-state index is 11.8. The number of benzene rings is 1. The quantitative estimate of drug-likeness (QED) is 0.525. The van der Waals surface area contributed by atoms with Crippen molar-refractivity contribution in [2.75, 3.05) is 4.43 Å². The molecule has 0 heterocycles. The first-order valence-corrected chi connectivity index (χ1v) is 6.30. The number of halogens is 4. The smallest absolute Gasteiger partial charge is 0.166 e. The van der Waals surface area contributed by atoms with E-state index in [9.17, 15) is 13.2 Å². The molecular formula is C9H9F3I+. The van der Waals surface area contributed by atoms with Crippen LogP contribution >= 0.6 is 0 Å². The topological polar surface area (TPSA) is 0 Å². The summed E-state index contributed by atoms with van der Waals surface area (Å²) in [6.45, 7) is 1.92. The van der Waals surface area contributed by atoms with Crippen LogP contribution in [0.2, 0.25) is 0 Å². The molecule has 0 aliphatic rings. The van der Waals surface area contributed by atoms with Gasteiger partial charge in [-0.25, -0.2) is 0 Å². The summed E-state index contributed by atoms with van der Waals surface area (Å²) in [6.07, 6.45) is -4.00.